The first-order valence-electron chi connectivity index (χ1n) is 31.4. The summed E-state index contributed by atoms with van der Waals surface area (Å²) in [6.45, 7) is 14.7. The van der Waals surface area contributed by atoms with Gasteiger partial charge in [-0.15, -0.1) is 0 Å². The van der Waals surface area contributed by atoms with Gasteiger partial charge in [0, 0.05) is 10.8 Å². The van der Waals surface area contributed by atoms with Crippen LogP contribution in [0.15, 0.2) is 11.6 Å². The Kier molecular flexibility index (Phi) is 21.8. The van der Waals surface area contributed by atoms with Crippen molar-refractivity contribution < 1.29 is 139 Å². The van der Waals surface area contributed by atoms with Gasteiger partial charge >= 0.3 is 0 Å². The highest BCUT2D eigenvalue weighted by Gasteiger charge is 2.70. The molecular formula is C60H102O28. The van der Waals surface area contributed by atoms with E-state index in [2.05, 4.69) is 47.6 Å². The van der Waals surface area contributed by atoms with E-state index in [4.69, 9.17) is 47.4 Å². The summed E-state index contributed by atoms with van der Waals surface area (Å²) in [5, 5.41) is 196. The minimum Gasteiger partial charge on any atom is -0.394 e. The molecule has 0 aromatic rings. The molecular weight excluding hydrogens is 1170 g/mol. The van der Waals surface area contributed by atoms with Gasteiger partial charge in [0.25, 0.3) is 0 Å². The normalized spacial score (nSPS) is 52.2. The number of ether oxygens (including phenoxy) is 10. The molecule has 9 aliphatic rings. The highest BCUT2D eigenvalue weighted by molar-refractivity contribution is 5.32. The van der Waals surface area contributed by atoms with E-state index in [0.717, 1.165) is 18.4 Å². The Morgan fingerprint density at radius 2 is 1.05 bits per heavy atom. The van der Waals surface area contributed by atoms with Crippen LogP contribution in [-0.4, -0.2) is 296 Å². The van der Waals surface area contributed by atoms with Crippen molar-refractivity contribution >= 4 is 0 Å². The second-order valence-corrected chi connectivity index (χ2v) is 28.7. The number of allylic oxidation sites excluding steroid dienone is 1. The fraction of sp³-hybridized carbons (Fsp3) is 0.967. The molecule has 9 rings (SSSR count). The fourth-order valence-electron chi connectivity index (χ4n) is 17.1. The molecule has 0 aromatic heterocycles. The molecule has 28 nitrogen and oxygen atoms in total. The summed E-state index contributed by atoms with van der Waals surface area (Å²) in [6, 6.07) is 0. The van der Waals surface area contributed by atoms with E-state index in [9.17, 15) is 91.9 Å². The van der Waals surface area contributed by atoms with Crippen LogP contribution in [0.25, 0.3) is 0 Å². The average molecular weight is 1270 g/mol. The van der Waals surface area contributed by atoms with Crippen LogP contribution < -0.4 is 0 Å². The van der Waals surface area contributed by atoms with Crippen molar-refractivity contribution in [3.63, 3.8) is 0 Å². The van der Waals surface area contributed by atoms with Crippen molar-refractivity contribution in [2.45, 2.75) is 291 Å². The van der Waals surface area contributed by atoms with Crippen molar-refractivity contribution in [1.29, 1.82) is 0 Å². The number of aliphatic hydroxyl groups is 18. The molecule has 28 heteroatoms. The zero-order valence-corrected chi connectivity index (χ0v) is 51.7. The Labute approximate surface area is 512 Å². The van der Waals surface area contributed by atoms with Crippen LogP contribution >= 0.6 is 0 Å². The monoisotopic (exact) mass is 1270 g/mol. The van der Waals surface area contributed by atoms with E-state index < -0.39 is 215 Å². The predicted molar refractivity (Wildman–Crippen MR) is 299 cm³/mol. The van der Waals surface area contributed by atoms with Gasteiger partial charge in [0.2, 0.25) is 0 Å². The van der Waals surface area contributed by atoms with Gasteiger partial charge in [0.05, 0.1) is 56.4 Å². The minimum atomic E-state index is -1.95. The topological polar surface area (TPSA) is 456 Å². The molecule has 35 atom stereocenters. The van der Waals surface area contributed by atoms with Crippen LogP contribution in [0.1, 0.15) is 114 Å². The van der Waals surface area contributed by atoms with Crippen LogP contribution in [0.2, 0.25) is 0 Å². The second kappa shape index (κ2) is 27.0. The Balaban J connectivity index is 0.885. The van der Waals surface area contributed by atoms with Gasteiger partial charge in [-0.1, -0.05) is 53.2 Å². The molecule has 3 unspecified atom stereocenters. The molecule has 0 aromatic carbocycles. The van der Waals surface area contributed by atoms with E-state index >= 15 is 0 Å². The highest BCUT2D eigenvalue weighted by Crippen LogP contribution is 2.75. The minimum absolute atomic E-state index is 0.0282. The summed E-state index contributed by atoms with van der Waals surface area (Å²) in [5.41, 5.74) is -2.40. The van der Waals surface area contributed by atoms with E-state index in [1.165, 1.54) is 20.8 Å². The maximum Gasteiger partial charge on any atom is 0.187 e. The molecule has 88 heavy (non-hydrogen) atoms. The summed E-state index contributed by atoms with van der Waals surface area (Å²) in [4.78, 5) is 0. The molecule has 18 N–H and O–H groups in total. The molecule has 0 amide bonds. The third-order valence-corrected chi connectivity index (χ3v) is 22.9. The molecule has 0 spiro atoms. The maximum absolute atomic E-state index is 12.8. The zero-order chi connectivity index (χ0) is 64.8. The number of fused-ring (bicyclic) bond motifs is 5. The predicted octanol–water partition coefficient (Wildman–Crippen LogP) is -4.38. The van der Waals surface area contributed by atoms with Crippen molar-refractivity contribution in [2.75, 3.05) is 26.4 Å². The van der Waals surface area contributed by atoms with Gasteiger partial charge < -0.3 is 139 Å². The van der Waals surface area contributed by atoms with Crippen molar-refractivity contribution in [3.05, 3.63) is 11.6 Å². The third kappa shape index (κ3) is 12.6. The SMILES string of the molecule is C[C@H](CC[C@@H](O[C@@H]1O[C@H](CO[C@@H]2O[C@H](CO)[C@@H](O)[C@H](O)[C@H]2O)[C@@H](O)[C@H](O)[C@H]1O[C@@H]1O[C@H](CO)[C@@H](O)[C@H](O)[C@H]1O)C(C)(C)O)C1CC[C@@]2(C)C3CC=C4C(CC[C@H](O[C@@H]5O[C@H](CO)[C@@H](O[C@H]6O[C@H](C)[C@@H](O)[C@H](O)[C@H]6O)[C@H](O)[C@H]5O)C4(C)C)[C@]3(C)[C@H](O)C[C@]12C. The van der Waals surface area contributed by atoms with Crippen LogP contribution in [-0.2, 0) is 47.4 Å². The van der Waals surface area contributed by atoms with Crippen LogP contribution in [0.3, 0.4) is 0 Å². The van der Waals surface area contributed by atoms with Gasteiger partial charge in [0.1, 0.15) is 116 Å². The Hall–Kier alpha value is -1.38. The first-order valence-corrected chi connectivity index (χ1v) is 31.4. The first kappa shape index (κ1) is 70.9. The summed E-state index contributed by atoms with van der Waals surface area (Å²) in [5.74, 6) is 0.0348. The molecule has 0 bridgehead atoms. The molecule has 510 valence electrons. The van der Waals surface area contributed by atoms with E-state index in [-0.39, 0.29) is 40.9 Å². The second-order valence-electron chi connectivity index (χ2n) is 28.7. The van der Waals surface area contributed by atoms with Crippen LogP contribution in [0.4, 0.5) is 0 Å². The average Bonchev–Trinajstić information content (AvgIpc) is 1.30. The van der Waals surface area contributed by atoms with Gasteiger partial charge in [-0.2, -0.15) is 0 Å². The Bertz CT molecular complexity index is 2320. The summed E-state index contributed by atoms with van der Waals surface area (Å²) < 4.78 is 59.7. The fourth-order valence-corrected chi connectivity index (χ4v) is 17.1. The largest absolute Gasteiger partial charge is 0.394 e. The molecule has 5 heterocycles. The molecule has 0 radical (unpaired) electrons. The van der Waals surface area contributed by atoms with Crippen LogP contribution in [0, 0.1) is 45.3 Å². The quantitative estimate of drug-likeness (QED) is 0.0543. The lowest BCUT2D eigenvalue weighted by Gasteiger charge is -2.67. The zero-order valence-electron chi connectivity index (χ0n) is 51.7. The standard InChI is InChI=1S/C60H102O28/c1-23(10-14-35(57(5,6)78)86-55-50(88-54-47(76)42(71)38(67)29(20-62)82-54)43(72)39(68)31(84-55)22-79-51-45(74)41(70)37(66)28(19-61)81-51)25-16-17-58(7)32-13-11-26-27(60(32,9)33(64)18-59(25,58)8)12-15-34(56(26,3)4)85-53-48(77)44(73)49(30(21-63)83-53)87-52-46(75)40(69)36(65)24(2)80-52/h11,23-25,27-55,61-78H,10,12-22H2,1-9H3/t23-,24-,25?,27?,28-,29-,30-,31-,32?,33-,34+,35-,36-,37-,38-,39-,40+,41+,42+,43+,44-,45-,46-,47-,48-,49-,50-,51-,52-,53+,54+,55+,58+,59-,60+/m1/s1. The van der Waals surface area contributed by atoms with Crippen molar-refractivity contribution in [3.8, 4) is 0 Å². The van der Waals surface area contributed by atoms with E-state index in [1.54, 1.807) is 0 Å². The van der Waals surface area contributed by atoms with Gasteiger partial charge in [-0.25, -0.2) is 0 Å². The van der Waals surface area contributed by atoms with Gasteiger partial charge in [-0.3, -0.25) is 0 Å². The Morgan fingerprint density at radius 3 is 1.65 bits per heavy atom. The summed E-state index contributed by atoms with van der Waals surface area (Å²) in [6.07, 6.45) is -36.1. The lowest BCUT2D eigenvalue weighted by molar-refractivity contribution is -0.380. The molecule has 5 saturated heterocycles. The van der Waals surface area contributed by atoms with Gasteiger partial charge in [0.15, 0.2) is 31.5 Å². The van der Waals surface area contributed by atoms with Gasteiger partial charge in [-0.05, 0) is 107 Å². The van der Waals surface area contributed by atoms with Crippen molar-refractivity contribution in [2.24, 2.45) is 45.3 Å². The number of rotatable bonds is 19. The Morgan fingerprint density at radius 1 is 0.545 bits per heavy atom. The summed E-state index contributed by atoms with van der Waals surface area (Å²) >= 11 is 0. The number of hydrogen-bond donors (Lipinski definition) is 18. The van der Waals surface area contributed by atoms with E-state index in [0.29, 0.717) is 32.1 Å². The van der Waals surface area contributed by atoms with Crippen LogP contribution in [0.5, 0.6) is 0 Å². The highest BCUT2D eigenvalue weighted by atomic mass is 16.8. The molecule has 5 aliphatic heterocycles. The first-order chi connectivity index (χ1) is 41.1. The van der Waals surface area contributed by atoms with E-state index in [1.807, 2.05) is 0 Å². The number of hydrogen-bond acceptors (Lipinski definition) is 28. The third-order valence-electron chi connectivity index (χ3n) is 22.9. The maximum atomic E-state index is 12.8. The number of aliphatic hydroxyl groups excluding tert-OH is 17. The summed E-state index contributed by atoms with van der Waals surface area (Å²) in [7, 11) is 0. The lowest BCUT2D eigenvalue weighted by Crippen LogP contribution is -2.66. The molecule has 3 saturated carbocycles. The smallest absolute Gasteiger partial charge is 0.187 e. The molecule has 8 fully saturated rings. The van der Waals surface area contributed by atoms with Crippen molar-refractivity contribution in [1.82, 2.24) is 0 Å². The molecule has 4 aliphatic carbocycles. The lowest BCUT2D eigenvalue weighted by atomic mass is 9.38.